The van der Waals surface area contributed by atoms with E-state index in [0.717, 1.165) is 13.1 Å². The molecular weight excluding hydrogens is 269 g/mol. The molecule has 0 saturated carbocycles. The second kappa shape index (κ2) is 7.04. The quantitative estimate of drug-likeness (QED) is 0.866. The first kappa shape index (κ1) is 16.0. The largest absolute Gasteiger partial charge is 0.395 e. The SMILES string of the molecule is CC1(C)CN(Cc2ccc(C#CCCO)cc2F)CCO1. The molecule has 2 rings (SSSR count). The number of rotatable bonds is 3. The average Bonchev–Trinajstić information content (AvgIpc) is 2.41. The number of halogens is 1. The topological polar surface area (TPSA) is 32.7 Å². The van der Waals surface area contributed by atoms with Crippen LogP contribution in [0.4, 0.5) is 4.39 Å². The van der Waals surface area contributed by atoms with Crippen molar-refractivity contribution in [2.24, 2.45) is 0 Å². The standard InChI is InChI=1S/C17H22FNO2/c1-17(2)13-19(8-10-21-17)12-15-7-6-14(11-16(15)18)5-3-4-9-20/h6-7,11,20H,4,8-10,12-13H2,1-2H3. The van der Waals surface area contributed by atoms with Gasteiger partial charge in [-0.1, -0.05) is 17.9 Å². The Morgan fingerprint density at radius 2 is 2.24 bits per heavy atom. The fraction of sp³-hybridized carbons (Fsp3) is 0.529. The zero-order chi connectivity index (χ0) is 15.3. The predicted molar refractivity (Wildman–Crippen MR) is 80.3 cm³/mol. The minimum absolute atomic E-state index is 0.0282. The summed E-state index contributed by atoms with van der Waals surface area (Å²) in [5, 5.41) is 8.68. The van der Waals surface area contributed by atoms with Crippen molar-refractivity contribution in [2.45, 2.75) is 32.4 Å². The maximum atomic E-state index is 14.1. The Balaban J connectivity index is 2.03. The van der Waals surface area contributed by atoms with Crippen molar-refractivity contribution in [1.29, 1.82) is 0 Å². The number of nitrogens with zero attached hydrogens (tertiary/aromatic N) is 1. The van der Waals surface area contributed by atoms with Crippen molar-refractivity contribution < 1.29 is 14.2 Å². The zero-order valence-electron chi connectivity index (χ0n) is 12.7. The van der Waals surface area contributed by atoms with Crippen LogP contribution < -0.4 is 0 Å². The summed E-state index contributed by atoms with van der Waals surface area (Å²) in [5.41, 5.74) is 1.15. The average molecular weight is 291 g/mol. The van der Waals surface area contributed by atoms with Gasteiger partial charge in [-0.25, -0.2) is 4.39 Å². The highest BCUT2D eigenvalue weighted by molar-refractivity contribution is 5.37. The van der Waals surface area contributed by atoms with Gasteiger partial charge in [-0.15, -0.1) is 0 Å². The highest BCUT2D eigenvalue weighted by atomic mass is 19.1. The molecule has 0 atom stereocenters. The molecule has 1 saturated heterocycles. The first-order valence-electron chi connectivity index (χ1n) is 7.25. The molecule has 4 heteroatoms. The molecule has 0 bridgehead atoms. The van der Waals surface area contributed by atoms with E-state index in [4.69, 9.17) is 9.84 Å². The Morgan fingerprint density at radius 3 is 2.90 bits per heavy atom. The molecule has 0 aliphatic carbocycles. The second-order valence-corrected chi connectivity index (χ2v) is 5.90. The summed E-state index contributed by atoms with van der Waals surface area (Å²) in [5.74, 6) is 5.42. The molecule has 21 heavy (non-hydrogen) atoms. The van der Waals surface area contributed by atoms with Gasteiger partial charge in [0.2, 0.25) is 0 Å². The van der Waals surface area contributed by atoms with E-state index in [1.807, 2.05) is 6.07 Å². The molecule has 3 nitrogen and oxygen atoms in total. The Labute approximate surface area is 125 Å². The van der Waals surface area contributed by atoms with Gasteiger partial charge in [0.05, 0.1) is 18.8 Å². The van der Waals surface area contributed by atoms with Gasteiger partial charge in [0, 0.05) is 37.2 Å². The number of benzene rings is 1. The van der Waals surface area contributed by atoms with E-state index in [1.54, 1.807) is 6.07 Å². The molecule has 0 aromatic heterocycles. The normalized spacial score (nSPS) is 18.1. The van der Waals surface area contributed by atoms with Gasteiger partial charge in [-0.2, -0.15) is 0 Å². The summed E-state index contributed by atoms with van der Waals surface area (Å²) in [6.45, 7) is 7.01. The van der Waals surface area contributed by atoms with Gasteiger partial charge in [-0.3, -0.25) is 4.90 Å². The summed E-state index contributed by atoms with van der Waals surface area (Å²) in [7, 11) is 0. The van der Waals surface area contributed by atoms with Crippen LogP contribution in [-0.2, 0) is 11.3 Å². The molecule has 114 valence electrons. The predicted octanol–water partition coefficient (Wildman–Crippen LogP) is 2.17. The van der Waals surface area contributed by atoms with E-state index in [-0.39, 0.29) is 18.0 Å². The summed E-state index contributed by atoms with van der Waals surface area (Å²) < 4.78 is 19.8. The maximum absolute atomic E-state index is 14.1. The molecule has 1 heterocycles. The number of aliphatic hydroxyl groups excluding tert-OH is 1. The van der Waals surface area contributed by atoms with E-state index >= 15 is 0 Å². The van der Waals surface area contributed by atoms with Crippen LogP contribution in [0.15, 0.2) is 18.2 Å². The van der Waals surface area contributed by atoms with Crippen molar-refractivity contribution in [3.63, 3.8) is 0 Å². The first-order valence-corrected chi connectivity index (χ1v) is 7.25. The number of hydrogen-bond acceptors (Lipinski definition) is 3. The molecule has 1 aromatic carbocycles. The first-order chi connectivity index (χ1) is 10.00. The van der Waals surface area contributed by atoms with E-state index in [0.29, 0.717) is 30.7 Å². The van der Waals surface area contributed by atoms with Crippen molar-refractivity contribution in [2.75, 3.05) is 26.3 Å². The molecule has 0 radical (unpaired) electrons. The van der Waals surface area contributed by atoms with Crippen molar-refractivity contribution in [3.8, 4) is 11.8 Å². The van der Waals surface area contributed by atoms with Crippen LogP contribution in [0.25, 0.3) is 0 Å². The fourth-order valence-electron chi connectivity index (χ4n) is 2.46. The lowest BCUT2D eigenvalue weighted by atomic mass is 10.1. The Hall–Kier alpha value is -1.41. The summed E-state index contributed by atoms with van der Waals surface area (Å²) in [6, 6.07) is 5.08. The van der Waals surface area contributed by atoms with Gasteiger partial charge < -0.3 is 9.84 Å². The molecule has 0 spiro atoms. The van der Waals surface area contributed by atoms with Crippen molar-refractivity contribution >= 4 is 0 Å². The number of ether oxygens (including phenoxy) is 1. The Kier molecular flexibility index (Phi) is 5.35. The van der Waals surface area contributed by atoms with Crippen molar-refractivity contribution in [1.82, 2.24) is 4.90 Å². The molecule has 1 aliphatic rings. The minimum atomic E-state index is -0.227. The van der Waals surface area contributed by atoms with Crippen LogP contribution >= 0.6 is 0 Å². The molecule has 1 aromatic rings. The third kappa shape index (κ3) is 4.82. The Bertz CT molecular complexity index is 545. The number of aliphatic hydroxyl groups is 1. The maximum Gasteiger partial charge on any atom is 0.128 e. The summed E-state index contributed by atoms with van der Waals surface area (Å²) in [6.07, 6.45) is 0.409. The molecule has 0 amide bonds. The lowest BCUT2D eigenvalue weighted by Gasteiger charge is -2.38. The van der Waals surface area contributed by atoms with E-state index in [2.05, 4.69) is 30.6 Å². The van der Waals surface area contributed by atoms with Crippen LogP contribution in [0.1, 0.15) is 31.4 Å². The van der Waals surface area contributed by atoms with Crippen LogP contribution in [0.3, 0.4) is 0 Å². The molecular formula is C17H22FNO2. The minimum Gasteiger partial charge on any atom is -0.395 e. The summed E-state index contributed by atoms with van der Waals surface area (Å²) in [4.78, 5) is 2.21. The van der Waals surface area contributed by atoms with Gasteiger partial charge in [0.25, 0.3) is 0 Å². The van der Waals surface area contributed by atoms with Crippen LogP contribution in [0, 0.1) is 17.7 Å². The summed E-state index contributed by atoms with van der Waals surface area (Å²) >= 11 is 0. The monoisotopic (exact) mass is 291 g/mol. The highest BCUT2D eigenvalue weighted by Gasteiger charge is 2.27. The molecule has 0 unspecified atom stereocenters. The van der Waals surface area contributed by atoms with Gasteiger partial charge in [-0.05, 0) is 26.0 Å². The van der Waals surface area contributed by atoms with Crippen molar-refractivity contribution in [3.05, 3.63) is 35.1 Å². The molecule has 1 fully saturated rings. The van der Waals surface area contributed by atoms with E-state index < -0.39 is 0 Å². The van der Waals surface area contributed by atoms with Gasteiger partial charge in [0.1, 0.15) is 5.82 Å². The Morgan fingerprint density at radius 1 is 1.43 bits per heavy atom. The second-order valence-electron chi connectivity index (χ2n) is 5.90. The zero-order valence-corrected chi connectivity index (χ0v) is 12.7. The number of morpholine rings is 1. The third-order valence-corrected chi connectivity index (χ3v) is 3.42. The fourth-order valence-corrected chi connectivity index (χ4v) is 2.46. The van der Waals surface area contributed by atoms with E-state index in [1.165, 1.54) is 6.07 Å². The molecule has 1 N–H and O–H groups in total. The van der Waals surface area contributed by atoms with Gasteiger partial charge in [0.15, 0.2) is 0 Å². The number of hydrogen-bond donors (Lipinski definition) is 1. The van der Waals surface area contributed by atoms with Crippen LogP contribution in [-0.4, -0.2) is 41.9 Å². The smallest absolute Gasteiger partial charge is 0.128 e. The highest BCUT2D eigenvalue weighted by Crippen LogP contribution is 2.20. The van der Waals surface area contributed by atoms with E-state index in [9.17, 15) is 4.39 Å². The lowest BCUT2D eigenvalue weighted by Crippen LogP contribution is -2.47. The van der Waals surface area contributed by atoms with Crippen LogP contribution in [0.5, 0.6) is 0 Å². The van der Waals surface area contributed by atoms with Crippen LogP contribution in [0.2, 0.25) is 0 Å². The molecule has 1 aliphatic heterocycles. The lowest BCUT2D eigenvalue weighted by molar-refractivity contribution is -0.0884. The third-order valence-electron chi connectivity index (χ3n) is 3.42. The van der Waals surface area contributed by atoms with Gasteiger partial charge >= 0.3 is 0 Å².